The summed E-state index contributed by atoms with van der Waals surface area (Å²) >= 11 is 6.12. The predicted octanol–water partition coefficient (Wildman–Crippen LogP) is 4.90. The maximum absolute atomic E-state index is 13.3. The van der Waals surface area contributed by atoms with E-state index in [2.05, 4.69) is 15.0 Å². The Morgan fingerprint density at radius 1 is 1.17 bits per heavy atom. The molecule has 1 amide bonds. The van der Waals surface area contributed by atoms with Crippen LogP contribution in [0.15, 0.2) is 30.9 Å². The van der Waals surface area contributed by atoms with E-state index in [0.717, 1.165) is 0 Å². The highest BCUT2D eigenvalue weighted by molar-refractivity contribution is 6.30. The fourth-order valence-corrected chi connectivity index (χ4v) is 4.27. The largest absolute Gasteiger partial charge is 0.444 e. The van der Waals surface area contributed by atoms with Gasteiger partial charge in [0.15, 0.2) is 11.4 Å². The quantitative estimate of drug-likeness (QED) is 0.495. The Labute approximate surface area is 206 Å². The molecule has 0 N–H and O–H groups in total. The summed E-state index contributed by atoms with van der Waals surface area (Å²) in [6.07, 6.45) is 3.88. The van der Waals surface area contributed by atoms with Gasteiger partial charge in [0.05, 0.1) is 6.20 Å². The summed E-state index contributed by atoms with van der Waals surface area (Å²) in [5, 5.41) is 0.752. The molecule has 4 heterocycles. The maximum Gasteiger partial charge on any atom is 0.410 e. The van der Waals surface area contributed by atoms with Crippen molar-refractivity contribution in [3.63, 3.8) is 0 Å². The number of aromatic nitrogens is 4. The number of alkyl halides is 2. The van der Waals surface area contributed by atoms with Gasteiger partial charge in [-0.3, -0.25) is 4.57 Å². The van der Waals surface area contributed by atoms with E-state index in [1.54, 1.807) is 17.0 Å². The Hall–Kier alpha value is -3.21. The first kappa shape index (κ1) is 24.9. The lowest BCUT2D eigenvalue weighted by atomic mass is 10.1. The van der Waals surface area contributed by atoms with Crippen molar-refractivity contribution in [2.24, 2.45) is 0 Å². The van der Waals surface area contributed by atoms with E-state index in [4.69, 9.17) is 21.1 Å². The lowest BCUT2D eigenvalue weighted by molar-refractivity contribution is -0.0488. The van der Waals surface area contributed by atoms with Crippen molar-refractivity contribution < 1.29 is 23.0 Å². The molecule has 1 aliphatic heterocycles. The van der Waals surface area contributed by atoms with Crippen molar-refractivity contribution in [1.82, 2.24) is 24.4 Å². The molecule has 0 aromatic carbocycles. The Morgan fingerprint density at radius 3 is 2.57 bits per heavy atom. The Morgan fingerprint density at radius 2 is 1.91 bits per heavy atom. The minimum absolute atomic E-state index is 0.0817. The van der Waals surface area contributed by atoms with Crippen molar-refractivity contribution >= 4 is 34.5 Å². The number of amides is 1. The van der Waals surface area contributed by atoms with Crippen LogP contribution in [0.25, 0.3) is 16.9 Å². The predicted molar refractivity (Wildman–Crippen MR) is 128 cm³/mol. The maximum atomic E-state index is 13.3. The molecule has 2 unspecified atom stereocenters. The SMILES string of the molecule is CC1CN(c2ncnc3c2c(OC(F)F)cn3-c2cc(Cl)ccn2)C(C)CN1C(=O)OC(C)(C)C. The monoisotopic (exact) mass is 508 g/mol. The van der Waals surface area contributed by atoms with Crippen LogP contribution in [0, 0.1) is 0 Å². The third-order valence-corrected chi connectivity index (χ3v) is 5.82. The molecular weight excluding hydrogens is 482 g/mol. The number of carbonyl (C=O) groups excluding carboxylic acids is 1. The lowest BCUT2D eigenvalue weighted by Crippen LogP contribution is -2.59. The average molecular weight is 509 g/mol. The van der Waals surface area contributed by atoms with Crippen molar-refractivity contribution in [2.45, 2.75) is 58.9 Å². The van der Waals surface area contributed by atoms with Gasteiger partial charge in [-0.2, -0.15) is 8.78 Å². The molecule has 1 aliphatic rings. The molecule has 9 nitrogen and oxygen atoms in total. The number of halogens is 3. The number of rotatable bonds is 4. The first-order valence-corrected chi connectivity index (χ1v) is 11.5. The molecule has 35 heavy (non-hydrogen) atoms. The minimum atomic E-state index is -3.05. The Kier molecular flexibility index (Phi) is 6.72. The normalized spacial score (nSPS) is 18.9. The van der Waals surface area contributed by atoms with E-state index in [9.17, 15) is 13.6 Å². The zero-order valence-electron chi connectivity index (χ0n) is 20.1. The summed E-state index contributed by atoms with van der Waals surface area (Å²) in [7, 11) is 0. The van der Waals surface area contributed by atoms with Crippen LogP contribution in [0.4, 0.5) is 19.4 Å². The lowest BCUT2D eigenvalue weighted by Gasteiger charge is -2.44. The van der Waals surface area contributed by atoms with E-state index in [0.29, 0.717) is 40.8 Å². The summed E-state index contributed by atoms with van der Waals surface area (Å²) in [6.45, 7) is 7.00. The second-order valence-corrected chi connectivity index (χ2v) is 9.89. The number of hydrogen-bond donors (Lipinski definition) is 0. The van der Waals surface area contributed by atoms with Gasteiger partial charge >= 0.3 is 12.7 Å². The average Bonchev–Trinajstić information content (AvgIpc) is 3.12. The van der Waals surface area contributed by atoms with Crippen LogP contribution in [0.3, 0.4) is 0 Å². The third kappa shape index (κ3) is 5.24. The fourth-order valence-electron chi connectivity index (χ4n) is 4.11. The summed E-state index contributed by atoms with van der Waals surface area (Å²) in [5.41, 5.74) is -0.274. The summed E-state index contributed by atoms with van der Waals surface area (Å²) in [4.78, 5) is 29.4. The van der Waals surface area contributed by atoms with Crippen LogP contribution in [0.2, 0.25) is 5.02 Å². The first-order chi connectivity index (χ1) is 16.4. The van der Waals surface area contributed by atoms with Crippen LogP contribution >= 0.6 is 11.6 Å². The zero-order chi connectivity index (χ0) is 25.5. The molecule has 1 saturated heterocycles. The van der Waals surface area contributed by atoms with Gasteiger partial charge in [0.1, 0.15) is 29.0 Å². The van der Waals surface area contributed by atoms with Gasteiger partial charge < -0.3 is 19.3 Å². The van der Waals surface area contributed by atoms with Crippen LogP contribution in [0.1, 0.15) is 34.6 Å². The molecule has 0 spiro atoms. The first-order valence-electron chi connectivity index (χ1n) is 11.1. The zero-order valence-corrected chi connectivity index (χ0v) is 20.8. The second kappa shape index (κ2) is 9.44. The van der Waals surface area contributed by atoms with E-state index >= 15 is 0 Å². The van der Waals surface area contributed by atoms with Crippen LogP contribution in [0.5, 0.6) is 5.75 Å². The number of fused-ring (bicyclic) bond motifs is 1. The van der Waals surface area contributed by atoms with E-state index in [-0.39, 0.29) is 17.8 Å². The van der Waals surface area contributed by atoms with Gasteiger partial charge in [-0.05, 0) is 40.7 Å². The molecule has 4 rings (SSSR count). The molecule has 0 saturated carbocycles. The van der Waals surface area contributed by atoms with Gasteiger partial charge in [0.25, 0.3) is 0 Å². The van der Waals surface area contributed by atoms with E-state index in [1.807, 2.05) is 39.5 Å². The second-order valence-electron chi connectivity index (χ2n) is 9.45. The number of hydrogen-bond acceptors (Lipinski definition) is 7. The number of anilines is 1. The Balaban J connectivity index is 1.75. The highest BCUT2D eigenvalue weighted by Crippen LogP contribution is 2.38. The number of piperazine rings is 1. The standard InChI is InChI=1S/C23H27ClF2N6O3/c1-13-10-31(22(33)35-23(3,4)5)14(2)9-30(13)19-18-16(34-21(25)26)11-32(20(18)29-12-28-19)17-8-15(24)6-7-27-17/h6-8,11-14,21H,9-10H2,1-5H3. The van der Waals surface area contributed by atoms with Crippen molar-refractivity contribution in [3.8, 4) is 11.6 Å². The molecular formula is C23H27ClF2N6O3. The number of carbonyl (C=O) groups is 1. The van der Waals surface area contributed by atoms with Gasteiger partial charge in [0.2, 0.25) is 0 Å². The fraction of sp³-hybridized carbons (Fsp3) is 0.478. The number of ether oxygens (including phenoxy) is 2. The van der Waals surface area contributed by atoms with Crippen LogP contribution in [-0.2, 0) is 4.74 Å². The molecule has 3 aromatic heterocycles. The molecule has 0 aliphatic carbocycles. The molecule has 1 fully saturated rings. The van der Waals surface area contributed by atoms with E-state index < -0.39 is 18.3 Å². The van der Waals surface area contributed by atoms with Crippen LogP contribution in [-0.4, -0.2) is 67.9 Å². The molecule has 188 valence electrons. The molecule has 2 atom stereocenters. The Bertz CT molecular complexity index is 1230. The van der Waals surface area contributed by atoms with Crippen molar-refractivity contribution in [2.75, 3.05) is 18.0 Å². The highest BCUT2D eigenvalue weighted by atomic mass is 35.5. The van der Waals surface area contributed by atoms with Crippen LogP contribution < -0.4 is 9.64 Å². The van der Waals surface area contributed by atoms with Gasteiger partial charge in [-0.1, -0.05) is 11.6 Å². The molecule has 3 aromatic rings. The molecule has 12 heteroatoms. The van der Waals surface area contributed by atoms with E-state index in [1.165, 1.54) is 23.3 Å². The third-order valence-electron chi connectivity index (χ3n) is 5.58. The summed E-state index contributed by atoms with van der Waals surface area (Å²) in [6, 6.07) is 2.80. The number of pyridine rings is 1. The van der Waals surface area contributed by atoms with Crippen molar-refractivity contribution in [3.05, 3.63) is 35.9 Å². The summed E-state index contributed by atoms with van der Waals surface area (Å²) < 4.78 is 38.6. The summed E-state index contributed by atoms with van der Waals surface area (Å²) in [5.74, 6) is 0.740. The minimum Gasteiger partial charge on any atom is -0.444 e. The molecule has 0 radical (unpaired) electrons. The number of nitrogens with zero attached hydrogens (tertiary/aromatic N) is 6. The van der Waals surface area contributed by atoms with Gasteiger partial charge in [0, 0.05) is 42.5 Å². The van der Waals surface area contributed by atoms with Crippen molar-refractivity contribution in [1.29, 1.82) is 0 Å². The topological polar surface area (TPSA) is 85.6 Å². The highest BCUT2D eigenvalue weighted by Gasteiger charge is 2.36. The van der Waals surface area contributed by atoms with Gasteiger partial charge in [-0.25, -0.2) is 19.7 Å². The smallest absolute Gasteiger partial charge is 0.410 e. The molecule has 0 bridgehead atoms. The van der Waals surface area contributed by atoms with Gasteiger partial charge in [-0.15, -0.1) is 0 Å².